The van der Waals surface area contributed by atoms with Crippen molar-refractivity contribution in [3.05, 3.63) is 58.5 Å². The molecular formula is C17H19NO5. The lowest BCUT2D eigenvalue weighted by molar-refractivity contribution is 0.0692. The predicted octanol–water partition coefficient (Wildman–Crippen LogP) is 2.53. The first kappa shape index (κ1) is 16.8. The van der Waals surface area contributed by atoms with Gasteiger partial charge in [-0.25, -0.2) is 4.79 Å². The summed E-state index contributed by atoms with van der Waals surface area (Å²) in [7, 11) is 0. The molecule has 0 bridgehead atoms. The van der Waals surface area contributed by atoms with Gasteiger partial charge in [-0.05, 0) is 18.1 Å². The number of aliphatic hydroxyl groups excluding tert-OH is 1. The van der Waals surface area contributed by atoms with Crippen LogP contribution >= 0.6 is 0 Å². The highest BCUT2D eigenvalue weighted by Gasteiger charge is 2.20. The number of hydrogen-bond donors (Lipinski definition) is 2. The van der Waals surface area contributed by atoms with E-state index in [1.807, 2.05) is 13.8 Å². The van der Waals surface area contributed by atoms with Gasteiger partial charge in [-0.1, -0.05) is 32.0 Å². The summed E-state index contributed by atoms with van der Waals surface area (Å²) in [6.45, 7) is 3.62. The number of carboxylic acid groups (broad SMARTS) is 1. The van der Waals surface area contributed by atoms with Crippen LogP contribution in [0.25, 0.3) is 0 Å². The second kappa shape index (κ2) is 7.11. The van der Waals surface area contributed by atoms with Crippen LogP contribution in [0.1, 0.15) is 30.2 Å². The molecule has 0 saturated carbocycles. The molecule has 1 atom stereocenters. The molecule has 0 unspecified atom stereocenters. The maximum absolute atomic E-state index is 12.3. The fourth-order valence-electron chi connectivity index (χ4n) is 2.25. The number of benzene rings is 1. The van der Waals surface area contributed by atoms with Gasteiger partial charge in [0.25, 0.3) is 0 Å². The van der Waals surface area contributed by atoms with E-state index in [-0.39, 0.29) is 24.3 Å². The molecule has 2 rings (SSSR count). The van der Waals surface area contributed by atoms with Gasteiger partial charge in [-0.2, -0.15) is 0 Å². The SMILES string of the molecule is CC(C)[C@H](CO)n1cc(Oc2ccccc2)c(=O)c(C(=O)O)c1. The molecule has 122 valence electrons. The molecule has 0 spiro atoms. The molecule has 1 aromatic heterocycles. The zero-order chi connectivity index (χ0) is 17.0. The molecule has 2 N–H and O–H groups in total. The third-order valence-corrected chi connectivity index (χ3v) is 3.55. The van der Waals surface area contributed by atoms with E-state index >= 15 is 0 Å². The summed E-state index contributed by atoms with van der Waals surface area (Å²) in [5.41, 5.74) is -1.09. The number of aliphatic hydroxyl groups is 1. The lowest BCUT2D eigenvalue weighted by Crippen LogP contribution is -2.25. The monoisotopic (exact) mass is 317 g/mol. The van der Waals surface area contributed by atoms with Crippen LogP contribution in [0.5, 0.6) is 11.5 Å². The first-order chi connectivity index (χ1) is 10.9. The Hall–Kier alpha value is -2.60. The summed E-state index contributed by atoms with van der Waals surface area (Å²) >= 11 is 0. The average Bonchev–Trinajstić information content (AvgIpc) is 2.51. The summed E-state index contributed by atoms with van der Waals surface area (Å²) in [6, 6.07) is 8.29. The Labute approximate surface area is 133 Å². The highest BCUT2D eigenvalue weighted by Crippen LogP contribution is 2.22. The first-order valence-electron chi connectivity index (χ1n) is 7.27. The molecule has 0 fully saturated rings. The summed E-state index contributed by atoms with van der Waals surface area (Å²) in [4.78, 5) is 23.6. The van der Waals surface area contributed by atoms with Gasteiger partial charge in [0.05, 0.1) is 18.8 Å². The Morgan fingerprint density at radius 1 is 1.22 bits per heavy atom. The van der Waals surface area contributed by atoms with Gasteiger partial charge in [0.2, 0.25) is 5.43 Å². The number of nitrogens with zero attached hydrogens (tertiary/aromatic N) is 1. The summed E-state index contributed by atoms with van der Waals surface area (Å²) in [5, 5.41) is 18.8. The highest BCUT2D eigenvalue weighted by molar-refractivity contribution is 5.87. The van der Waals surface area contributed by atoms with Crippen molar-refractivity contribution in [1.29, 1.82) is 0 Å². The molecule has 6 heteroatoms. The largest absolute Gasteiger partial charge is 0.477 e. The summed E-state index contributed by atoms with van der Waals surface area (Å²) in [6.07, 6.45) is 2.67. The smallest absolute Gasteiger partial charge is 0.341 e. The van der Waals surface area contributed by atoms with Gasteiger partial charge < -0.3 is 19.5 Å². The third kappa shape index (κ3) is 3.78. The van der Waals surface area contributed by atoms with Gasteiger partial charge >= 0.3 is 5.97 Å². The van der Waals surface area contributed by atoms with Gasteiger partial charge in [0.15, 0.2) is 5.75 Å². The number of para-hydroxylation sites is 1. The molecule has 1 aromatic carbocycles. The van der Waals surface area contributed by atoms with Gasteiger partial charge in [0.1, 0.15) is 11.3 Å². The Kier molecular flexibility index (Phi) is 5.18. The van der Waals surface area contributed by atoms with Crippen LogP contribution in [0, 0.1) is 5.92 Å². The van der Waals surface area contributed by atoms with Crippen LogP contribution in [0.4, 0.5) is 0 Å². The number of carboxylic acids is 1. The van der Waals surface area contributed by atoms with Crippen molar-refractivity contribution in [2.75, 3.05) is 6.61 Å². The molecule has 0 amide bonds. The van der Waals surface area contributed by atoms with Crippen molar-refractivity contribution < 1.29 is 19.7 Å². The lowest BCUT2D eigenvalue weighted by atomic mass is 10.0. The van der Waals surface area contributed by atoms with Crippen molar-refractivity contribution in [2.45, 2.75) is 19.9 Å². The molecule has 0 aliphatic heterocycles. The van der Waals surface area contributed by atoms with Crippen LogP contribution in [0.2, 0.25) is 0 Å². The van der Waals surface area contributed by atoms with E-state index < -0.39 is 17.0 Å². The van der Waals surface area contributed by atoms with Crippen molar-refractivity contribution in [3.8, 4) is 11.5 Å². The quantitative estimate of drug-likeness (QED) is 0.854. The fourth-order valence-corrected chi connectivity index (χ4v) is 2.25. The van der Waals surface area contributed by atoms with Crippen LogP contribution in [0.3, 0.4) is 0 Å². The van der Waals surface area contributed by atoms with E-state index in [4.69, 9.17) is 4.74 Å². The number of hydrogen-bond acceptors (Lipinski definition) is 4. The normalized spacial score (nSPS) is 12.2. The molecule has 0 radical (unpaired) electrons. The maximum atomic E-state index is 12.3. The average molecular weight is 317 g/mol. The molecule has 0 aliphatic rings. The van der Waals surface area contributed by atoms with E-state index in [2.05, 4.69) is 0 Å². The van der Waals surface area contributed by atoms with E-state index in [0.29, 0.717) is 5.75 Å². The van der Waals surface area contributed by atoms with Crippen LogP contribution < -0.4 is 10.2 Å². The number of aromatic carboxylic acids is 1. The molecular weight excluding hydrogens is 298 g/mol. The molecule has 1 heterocycles. The number of carbonyl (C=O) groups is 1. The first-order valence-corrected chi connectivity index (χ1v) is 7.27. The van der Waals surface area contributed by atoms with Gasteiger partial charge in [-0.3, -0.25) is 4.79 Å². The molecule has 2 aromatic rings. The Bertz CT molecular complexity index is 736. The Morgan fingerprint density at radius 2 is 1.87 bits per heavy atom. The summed E-state index contributed by atoms with van der Waals surface area (Å²) in [5.74, 6) is -0.935. The molecule has 0 aliphatic carbocycles. The van der Waals surface area contributed by atoms with E-state index in [1.54, 1.807) is 30.3 Å². The molecule has 23 heavy (non-hydrogen) atoms. The van der Waals surface area contributed by atoms with Crippen molar-refractivity contribution in [3.63, 3.8) is 0 Å². The van der Waals surface area contributed by atoms with E-state index in [1.165, 1.54) is 17.0 Å². The predicted molar refractivity (Wildman–Crippen MR) is 85.1 cm³/mol. The molecule has 6 nitrogen and oxygen atoms in total. The van der Waals surface area contributed by atoms with Crippen LogP contribution in [0.15, 0.2) is 47.5 Å². The van der Waals surface area contributed by atoms with Crippen molar-refractivity contribution in [2.24, 2.45) is 5.92 Å². The topological polar surface area (TPSA) is 88.8 Å². The number of rotatable bonds is 6. The third-order valence-electron chi connectivity index (χ3n) is 3.55. The Morgan fingerprint density at radius 3 is 2.39 bits per heavy atom. The van der Waals surface area contributed by atoms with Crippen molar-refractivity contribution >= 4 is 5.97 Å². The minimum atomic E-state index is -1.33. The summed E-state index contributed by atoms with van der Waals surface area (Å²) < 4.78 is 7.06. The number of ether oxygens (including phenoxy) is 1. The van der Waals surface area contributed by atoms with Gasteiger partial charge in [0, 0.05) is 6.20 Å². The van der Waals surface area contributed by atoms with Crippen molar-refractivity contribution in [1.82, 2.24) is 4.57 Å². The number of pyridine rings is 1. The van der Waals surface area contributed by atoms with Crippen LogP contribution in [-0.2, 0) is 0 Å². The molecule has 0 saturated heterocycles. The minimum absolute atomic E-state index is 0.0497. The second-order valence-corrected chi connectivity index (χ2v) is 5.53. The number of aromatic nitrogens is 1. The van der Waals surface area contributed by atoms with Crippen LogP contribution in [-0.4, -0.2) is 27.4 Å². The zero-order valence-electron chi connectivity index (χ0n) is 13.0. The zero-order valence-corrected chi connectivity index (χ0v) is 13.0. The van der Waals surface area contributed by atoms with Gasteiger partial charge in [-0.15, -0.1) is 0 Å². The van der Waals surface area contributed by atoms with E-state index in [0.717, 1.165) is 0 Å². The highest BCUT2D eigenvalue weighted by atomic mass is 16.5. The lowest BCUT2D eigenvalue weighted by Gasteiger charge is -2.23. The Balaban J connectivity index is 2.54. The van der Waals surface area contributed by atoms with E-state index in [9.17, 15) is 19.8 Å². The standard InChI is InChI=1S/C17H19NO5/c1-11(2)14(10-19)18-8-13(17(21)22)16(20)15(9-18)23-12-6-4-3-5-7-12/h3-9,11,14,19H,10H2,1-2H3,(H,21,22)/t14-/m0/s1. The minimum Gasteiger partial charge on any atom is -0.477 e. The fraction of sp³-hybridized carbons (Fsp3) is 0.294. The maximum Gasteiger partial charge on any atom is 0.341 e. The second-order valence-electron chi connectivity index (χ2n) is 5.53.